The SMILES string of the molecule is CCC(C)C1CN(CC2CCCCS2)C(C(C)C)CN1. The van der Waals surface area contributed by atoms with E-state index in [2.05, 4.69) is 49.7 Å². The molecule has 0 amide bonds. The predicted octanol–water partition coefficient (Wildman–Crippen LogP) is 3.62. The molecule has 0 saturated carbocycles. The second-order valence-electron chi connectivity index (χ2n) is 7.15. The van der Waals surface area contributed by atoms with E-state index in [4.69, 9.17) is 0 Å². The zero-order chi connectivity index (χ0) is 14.5. The molecular weight excluding hydrogens is 264 g/mol. The predicted molar refractivity (Wildman–Crippen MR) is 91.5 cm³/mol. The van der Waals surface area contributed by atoms with Crippen molar-refractivity contribution in [2.45, 2.75) is 70.7 Å². The highest BCUT2D eigenvalue weighted by Gasteiger charge is 2.33. The number of hydrogen-bond donors (Lipinski definition) is 1. The van der Waals surface area contributed by atoms with Crippen LogP contribution in [-0.2, 0) is 0 Å². The van der Waals surface area contributed by atoms with Gasteiger partial charge in [0.2, 0.25) is 0 Å². The molecule has 2 rings (SSSR count). The van der Waals surface area contributed by atoms with Gasteiger partial charge in [-0.05, 0) is 30.4 Å². The highest BCUT2D eigenvalue weighted by atomic mass is 32.2. The molecule has 2 aliphatic rings. The third-order valence-electron chi connectivity index (χ3n) is 5.30. The number of hydrogen-bond acceptors (Lipinski definition) is 3. The van der Waals surface area contributed by atoms with Crippen LogP contribution < -0.4 is 5.32 Å². The molecule has 4 atom stereocenters. The van der Waals surface area contributed by atoms with Crippen molar-refractivity contribution in [1.29, 1.82) is 0 Å². The molecule has 2 saturated heterocycles. The van der Waals surface area contributed by atoms with Crippen molar-refractivity contribution in [2.24, 2.45) is 11.8 Å². The summed E-state index contributed by atoms with van der Waals surface area (Å²) < 4.78 is 0. The Bertz CT molecular complexity index is 274. The topological polar surface area (TPSA) is 15.3 Å². The van der Waals surface area contributed by atoms with Gasteiger partial charge in [0, 0.05) is 37.0 Å². The van der Waals surface area contributed by atoms with Gasteiger partial charge in [0.05, 0.1) is 0 Å². The lowest BCUT2D eigenvalue weighted by Gasteiger charge is -2.45. The first kappa shape index (κ1) is 16.6. The molecule has 2 fully saturated rings. The van der Waals surface area contributed by atoms with E-state index in [1.807, 2.05) is 0 Å². The number of nitrogens with one attached hydrogen (secondary N) is 1. The molecule has 0 aromatic heterocycles. The number of rotatable bonds is 5. The molecule has 20 heavy (non-hydrogen) atoms. The summed E-state index contributed by atoms with van der Waals surface area (Å²) in [6.45, 7) is 13.3. The van der Waals surface area contributed by atoms with Crippen molar-refractivity contribution in [3.63, 3.8) is 0 Å². The molecule has 0 bridgehead atoms. The zero-order valence-corrected chi connectivity index (χ0v) is 14.7. The highest BCUT2D eigenvalue weighted by molar-refractivity contribution is 7.99. The fraction of sp³-hybridized carbons (Fsp3) is 1.00. The molecule has 2 nitrogen and oxygen atoms in total. The van der Waals surface area contributed by atoms with Gasteiger partial charge in [-0.15, -0.1) is 0 Å². The van der Waals surface area contributed by atoms with Gasteiger partial charge in [-0.2, -0.15) is 11.8 Å². The van der Waals surface area contributed by atoms with E-state index < -0.39 is 0 Å². The molecule has 1 N–H and O–H groups in total. The average Bonchev–Trinajstić information content (AvgIpc) is 2.47. The van der Waals surface area contributed by atoms with E-state index in [0.29, 0.717) is 6.04 Å². The molecule has 2 aliphatic heterocycles. The van der Waals surface area contributed by atoms with Gasteiger partial charge in [0.25, 0.3) is 0 Å². The monoisotopic (exact) mass is 298 g/mol. The van der Waals surface area contributed by atoms with Gasteiger partial charge in [0.1, 0.15) is 0 Å². The summed E-state index contributed by atoms with van der Waals surface area (Å²) in [4.78, 5) is 2.82. The van der Waals surface area contributed by atoms with Crippen LogP contribution in [0.5, 0.6) is 0 Å². The minimum atomic E-state index is 0.698. The molecule has 0 spiro atoms. The van der Waals surface area contributed by atoms with Crippen molar-refractivity contribution in [3.05, 3.63) is 0 Å². The number of thioether (sulfide) groups is 1. The molecule has 3 heteroatoms. The Labute approximate surface area is 130 Å². The second-order valence-corrected chi connectivity index (χ2v) is 8.56. The van der Waals surface area contributed by atoms with Gasteiger partial charge in [-0.1, -0.05) is 40.5 Å². The number of piperazine rings is 1. The van der Waals surface area contributed by atoms with Gasteiger partial charge >= 0.3 is 0 Å². The zero-order valence-electron chi connectivity index (χ0n) is 13.9. The first-order valence-electron chi connectivity index (χ1n) is 8.70. The molecule has 118 valence electrons. The van der Waals surface area contributed by atoms with Gasteiger partial charge in [-0.3, -0.25) is 4.90 Å². The van der Waals surface area contributed by atoms with E-state index in [9.17, 15) is 0 Å². The Kier molecular flexibility index (Phi) is 6.70. The minimum Gasteiger partial charge on any atom is -0.311 e. The summed E-state index contributed by atoms with van der Waals surface area (Å²) in [5.74, 6) is 2.94. The Balaban J connectivity index is 1.94. The fourth-order valence-corrected chi connectivity index (χ4v) is 4.93. The average molecular weight is 299 g/mol. The minimum absolute atomic E-state index is 0.698. The largest absolute Gasteiger partial charge is 0.311 e. The third-order valence-corrected chi connectivity index (χ3v) is 6.68. The maximum Gasteiger partial charge on any atom is 0.0244 e. The molecular formula is C17H34N2S. The van der Waals surface area contributed by atoms with Crippen LogP contribution in [0.25, 0.3) is 0 Å². The van der Waals surface area contributed by atoms with E-state index in [-0.39, 0.29) is 0 Å². The van der Waals surface area contributed by atoms with Crippen LogP contribution in [0.15, 0.2) is 0 Å². The maximum atomic E-state index is 3.82. The Morgan fingerprint density at radius 2 is 2.05 bits per heavy atom. The second kappa shape index (κ2) is 8.05. The van der Waals surface area contributed by atoms with E-state index >= 15 is 0 Å². The van der Waals surface area contributed by atoms with Crippen LogP contribution in [0.3, 0.4) is 0 Å². The van der Waals surface area contributed by atoms with E-state index in [1.165, 1.54) is 51.1 Å². The van der Waals surface area contributed by atoms with Crippen LogP contribution in [0.4, 0.5) is 0 Å². The Morgan fingerprint density at radius 1 is 1.25 bits per heavy atom. The number of nitrogens with zero attached hydrogens (tertiary/aromatic N) is 1. The molecule has 4 unspecified atom stereocenters. The summed E-state index contributed by atoms with van der Waals surface area (Å²) in [7, 11) is 0. The molecule has 0 aromatic carbocycles. The van der Waals surface area contributed by atoms with Crippen LogP contribution in [0, 0.1) is 11.8 Å². The normalized spacial score (nSPS) is 34.4. The summed E-state index contributed by atoms with van der Waals surface area (Å²) in [5.41, 5.74) is 0. The highest BCUT2D eigenvalue weighted by Crippen LogP contribution is 2.28. The summed E-state index contributed by atoms with van der Waals surface area (Å²) in [6, 6.07) is 1.43. The van der Waals surface area contributed by atoms with Crippen molar-refractivity contribution in [3.8, 4) is 0 Å². The van der Waals surface area contributed by atoms with Crippen LogP contribution in [0.1, 0.15) is 53.4 Å². The fourth-order valence-electron chi connectivity index (χ4n) is 3.60. The lowest BCUT2D eigenvalue weighted by atomic mass is 9.92. The van der Waals surface area contributed by atoms with E-state index in [0.717, 1.165) is 23.1 Å². The van der Waals surface area contributed by atoms with Gasteiger partial charge in [0.15, 0.2) is 0 Å². The first-order chi connectivity index (χ1) is 9.61. The quantitative estimate of drug-likeness (QED) is 0.834. The van der Waals surface area contributed by atoms with Gasteiger partial charge in [-0.25, -0.2) is 0 Å². The Hall–Kier alpha value is 0.270. The third kappa shape index (κ3) is 4.38. The standard InChI is InChI=1S/C17H34N2S/c1-5-14(4)16-12-19(17(10-18-16)13(2)3)11-15-8-6-7-9-20-15/h13-18H,5-12H2,1-4H3. The molecule has 2 heterocycles. The molecule has 0 aromatic rings. The summed E-state index contributed by atoms with van der Waals surface area (Å²) in [6.07, 6.45) is 5.61. The maximum absolute atomic E-state index is 3.82. The van der Waals surface area contributed by atoms with Crippen LogP contribution in [0.2, 0.25) is 0 Å². The first-order valence-corrected chi connectivity index (χ1v) is 9.75. The van der Waals surface area contributed by atoms with Crippen molar-refractivity contribution in [2.75, 3.05) is 25.4 Å². The lowest BCUT2D eigenvalue weighted by molar-refractivity contribution is 0.0815. The molecule has 0 aliphatic carbocycles. The summed E-state index contributed by atoms with van der Waals surface area (Å²) >= 11 is 2.22. The smallest absolute Gasteiger partial charge is 0.0244 e. The Morgan fingerprint density at radius 3 is 2.65 bits per heavy atom. The summed E-state index contributed by atoms with van der Waals surface area (Å²) in [5, 5.41) is 4.71. The van der Waals surface area contributed by atoms with Crippen LogP contribution >= 0.6 is 11.8 Å². The van der Waals surface area contributed by atoms with Crippen molar-refractivity contribution < 1.29 is 0 Å². The lowest BCUT2D eigenvalue weighted by Crippen LogP contribution is -2.61. The molecule has 0 radical (unpaired) electrons. The van der Waals surface area contributed by atoms with Crippen LogP contribution in [-0.4, -0.2) is 47.6 Å². The van der Waals surface area contributed by atoms with Crippen molar-refractivity contribution in [1.82, 2.24) is 10.2 Å². The van der Waals surface area contributed by atoms with Gasteiger partial charge < -0.3 is 5.32 Å². The van der Waals surface area contributed by atoms with Crippen molar-refractivity contribution >= 4 is 11.8 Å². The van der Waals surface area contributed by atoms with E-state index in [1.54, 1.807) is 0 Å².